The van der Waals surface area contributed by atoms with Gasteiger partial charge in [0, 0.05) is 13.1 Å². The Morgan fingerprint density at radius 2 is 1.95 bits per heavy atom. The SMILES string of the molecule is CCCNc1ncc(Cl)c(NCc2ccc(F)cc2)n1. The number of anilines is 2. The van der Waals surface area contributed by atoms with Gasteiger partial charge in [0.15, 0.2) is 5.82 Å². The molecule has 0 radical (unpaired) electrons. The van der Waals surface area contributed by atoms with Crippen LogP contribution in [-0.4, -0.2) is 16.5 Å². The van der Waals surface area contributed by atoms with Crippen LogP contribution in [0.3, 0.4) is 0 Å². The summed E-state index contributed by atoms with van der Waals surface area (Å²) in [6, 6.07) is 6.28. The molecule has 0 spiro atoms. The molecule has 106 valence electrons. The van der Waals surface area contributed by atoms with Crippen molar-refractivity contribution >= 4 is 23.4 Å². The van der Waals surface area contributed by atoms with Gasteiger partial charge >= 0.3 is 0 Å². The zero-order valence-electron chi connectivity index (χ0n) is 11.2. The fourth-order valence-corrected chi connectivity index (χ4v) is 1.76. The van der Waals surface area contributed by atoms with Crippen LogP contribution in [0.4, 0.5) is 16.2 Å². The van der Waals surface area contributed by atoms with Crippen LogP contribution in [0, 0.1) is 5.82 Å². The first-order chi connectivity index (χ1) is 9.69. The molecule has 0 aliphatic rings. The average molecular weight is 295 g/mol. The highest BCUT2D eigenvalue weighted by Gasteiger charge is 2.05. The minimum absolute atomic E-state index is 0.250. The number of halogens is 2. The zero-order valence-corrected chi connectivity index (χ0v) is 11.9. The summed E-state index contributed by atoms with van der Waals surface area (Å²) in [5.41, 5.74) is 0.948. The minimum Gasteiger partial charge on any atom is -0.365 e. The third-order valence-electron chi connectivity index (χ3n) is 2.65. The molecule has 1 aromatic heterocycles. The summed E-state index contributed by atoms with van der Waals surface area (Å²) in [7, 11) is 0. The molecule has 2 N–H and O–H groups in total. The van der Waals surface area contributed by atoms with Crippen molar-refractivity contribution in [1.29, 1.82) is 0 Å². The van der Waals surface area contributed by atoms with Crippen molar-refractivity contribution in [1.82, 2.24) is 9.97 Å². The van der Waals surface area contributed by atoms with Crippen LogP contribution in [0.15, 0.2) is 30.5 Å². The molecule has 1 aromatic carbocycles. The maximum Gasteiger partial charge on any atom is 0.224 e. The molecule has 2 aromatic rings. The summed E-state index contributed by atoms with van der Waals surface area (Å²) < 4.78 is 12.8. The van der Waals surface area contributed by atoms with Crippen molar-refractivity contribution in [2.45, 2.75) is 19.9 Å². The number of aromatic nitrogens is 2. The van der Waals surface area contributed by atoms with Crippen molar-refractivity contribution in [2.75, 3.05) is 17.2 Å². The highest BCUT2D eigenvalue weighted by atomic mass is 35.5. The first kappa shape index (κ1) is 14.5. The Morgan fingerprint density at radius 3 is 2.65 bits per heavy atom. The van der Waals surface area contributed by atoms with Crippen molar-refractivity contribution in [3.63, 3.8) is 0 Å². The standard InChI is InChI=1S/C14H16ClFN4/c1-2-7-17-14-19-9-12(15)13(20-14)18-8-10-3-5-11(16)6-4-10/h3-6,9H,2,7-8H2,1H3,(H2,17,18,19,20). The van der Waals surface area contributed by atoms with Crippen LogP contribution in [0.25, 0.3) is 0 Å². The Morgan fingerprint density at radius 1 is 1.20 bits per heavy atom. The number of nitrogens with one attached hydrogen (secondary N) is 2. The predicted octanol–water partition coefficient (Wildman–Crippen LogP) is 3.70. The molecule has 0 fully saturated rings. The van der Waals surface area contributed by atoms with Crippen molar-refractivity contribution in [3.05, 3.63) is 46.9 Å². The molecule has 0 bridgehead atoms. The van der Waals surface area contributed by atoms with Gasteiger partial charge in [0.25, 0.3) is 0 Å². The van der Waals surface area contributed by atoms with Gasteiger partial charge in [0.1, 0.15) is 10.8 Å². The van der Waals surface area contributed by atoms with E-state index in [1.54, 1.807) is 18.3 Å². The summed E-state index contributed by atoms with van der Waals surface area (Å²) in [6.07, 6.45) is 2.55. The zero-order chi connectivity index (χ0) is 14.4. The van der Waals surface area contributed by atoms with Gasteiger partial charge in [-0.1, -0.05) is 30.7 Å². The molecule has 0 atom stereocenters. The number of rotatable bonds is 6. The fourth-order valence-electron chi connectivity index (χ4n) is 1.60. The monoisotopic (exact) mass is 294 g/mol. The molecular formula is C14H16ClFN4. The Balaban J connectivity index is 2.02. The van der Waals surface area contributed by atoms with Gasteiger partial charge in [-0.3, -0.25) is 0 Å². The molecule has 0 aliphatic carbocycles. The molecule has 0 saturated heterocycles. The van der Waals surface area contributed by atoms with Crippen LogP contribution in [-0.2, 0) is 6.54 Å². The van der Waals surface area contributed by atoms with Crippen LogP contribution in [0.5, 0.6) is 0 Å². The number of hydrogen-bond acceptors (Lipinski definition) is 4. The van der Waals surface area contributed by atoms with Gasteiger partial charge in [0.2, 0.25) is 5.95 Å². The van der Waals surface area contributed by atoms with Crippen LogP contribution < -0.4 is 10.6 Å². The molecule has 0 unspecified atom stereocenters. The van der Waals surface area contributed by atoms with E-state index in [2.05, 4.69) is 27.5 Å². The topological polar surface area (TPSA) is 49.8 Å². The predicted molar refractivity (Wildman–Crippen MR) is 79.5 cm³/mol. The minimum atomic E-state index is -0.250. The van der Waals surface area contributed by atoms with Gasteiger partial charge in [-0.2, -0.15) is 4.98 Å². The summed E-state index contributed by atoms with van der Waals surface area (Å²) in [5.74, 6) is 0.849. The van der Waals surface area contributed by atoms with Crippen molar-refractivity contribution in [3.8, 4) is 0 Å². The van der Waals surface area contributed by atoms with Gasteiger partial charge in [0.05, 0.1) is 6.20 Å². The van der Waals surface area contributed by atoms with Gasteiger partial charge < -0.3 is 10.6 Å². The molecular weight excluding hydrogens is 279 g/mol. The van der Waals surface area contributed by atoms with Gasteiger partial charge in [-0.25, -0.2) is 9.37 Å². The first-order valence-electron chi connectivity index (χ1n) is 6.43. The first-order valence-corrected chi connectivity index (χ1v) is 6.81. The van der Waals surface area contributed by atoms with Gasteiger partial charge in [-0.15, -0.1) is 0 Å². The van der Waals surface area contributed by atoms with E-state index >= 15 is 0 Å². The Hall–Kier alpha value is -1.88. The molecule has 6 heteroatoms. The van der Waals surface area contributed by atoms with E-state index in [1.807, 2.05) is 0 Å². The molecule has 0 aliphatic heterocycles. The lowest BCUT2D eigenvalue weighted by molar-refractivity contribution is 0.627. The smallest absolute Gasteiger partial charge is 0.224 e. The van der Waals surface area contributed by atoms with E-state index in [0.717, 1.165) is 18.5 Å². The average Bonchev–Trinajstić information content (AvgIpc) is 2.46. The van der Waals surface area contributed by atoms with Crippen molar-refractivity contribution < 1.29 is 4.39 Å². The Bertz CT molecular complexity index is 560. The van der Waals surface area contributed by atoms with Crippen molar-refractivity contribution in [2.24, 2.45) is 0 Å². The summed E-state index contributed by atoms with van der Waals surface area (Å²) in [4.78, 5) is 8.40. The highest BCUT2D eigenvalue weighted by molar-refractivity contribution is 6.32. The summed E-state index contributed by atoms with van der Waals surface area (Å²) in [6.45, 7) is 3.39. The lowest BCUT2D eigenvalue weighted by atomic mass is 10.2. The van der Waals surface area contributed by atoms with Crippen LogP contribution in [0.2, 0.25) is 5.02 Å². The number of hydrogen-bond donors (Lipinski definition) is 2. The second-order valence-corrected chi connectivity index (χ2v) is 4.70. The van der Waals surface area contributed by atoms with E-state index in [0.29, 0.717) is 23.3 Å². The molecule has 1 heterocycles. The van der Waals surface area contributed by atoms with Gasteiger partial charge in [-0.05, 0) is 24.1 Å². The highest BCUT2D eigenvalue weighted by Crippen LogP contribution is 2.20. The Kier molecular flexibility index (Phi) is 5.12. The van der Waals surface area contributed by atoms with E-state index in [-0.39, 0.29) is 5.82 Å². The lowest BCUT2D eigenvalue weighted by Crippen LogP contribution is -2.08. The normalized spacial score (nSPS) is 10.3. The second-order valence-electron chi connectivity index (χ2n) is 4.30. The quantitative estimate of drug-likeness (QED) is 0.853. The maximum atomic E-state index is 12.8. The molecule has 0 saturated carbocycles. The largest absolute Gasteiger partial charge is 0.365 e. The van der Waals surface area contributed by atoms with E-state index in [4.69, 9.17) is 11.6 Å². The van der Waals surface area contributed by atoms with E-state index in [1.165, 1.54) is 12.1 Å². The number of nitrogens with zero attached hydrogens (tertiary/aromatic N) is 2. The fraction of sp³-hybridized carbons (Fsp3) is 0.286. The third kappa shape index (κ3) is 4.06. The summed E-state index contributed by atoms with van der Waals surface area (Å²) in [5, 5.41) is 6.67. The van der Waals surface area contributed by atoms with Crippen LogP contribution >= 0.6 is 11.6 Å². The third-order valence-corrected chi connectivity index (χ3v) is 2.93. The molecule has 2 rings (SSSR count). The second kappa shape index (κ2) is 7.05. The van der Waals surface area contributed by atoms with E-state index < -0.39 is 0 Å². The lowest BCUT2D eigenvalue weighted by Gasteiger charge is -2.09. The maximum absolute atomic E-state index is 12.8. The number of benzene rings is 1. The molecule has 4 nitrogen and oxygen atoms in total. The Labute approximate surface area is 122 Å². The molecule has 0 amide bonds. The van der Waals surface area contributed by atoms with E-state index in [9.17, 15) is 4.39 Å². The van der Waals surface area contributed by atoms with Crippen LogP contribution in [0.1, 0.15) is 18.9 Å². The summed E-state index contributed by atoms with van der Waals surface area (Å²) >= 11 is 6.05. The molecule has 20 heavy (non-hydrogen) atoms.